The summed E-state index contributed by atoms with van der Waals surface area (Å²) in [6.07, 6.45) is 7.21. The summed E-state index contributed by atoms with van der Waals surface area (Å²) in [5, 5.41) is 0. The summed E-state index contributed by atoms with van der Waals surface area (Å²) >= 11 is -0.350. The highest BCUT2D eigenvalue weighted by molar-refractivity contribution is 5.68. The largest absolute Gasteiger partial charge is 1.00 e. The Bertz CT molecular complexity index is 487. The fraction of sp³-hybridized carbons (Fsp3) is 0.526. The number of unbranched alkanes of at least 4 members (excludes halogenated alkanes) is 5. The van der Waals surface area contributed by atoms with Crippen molar-refractivity contribution in [1.29, 1.82) is 0 Å². The molecule has 0 aliphatic carbocycles. The molecule has 0 aliphatic heterocycles. The van der Waals surface area contributed by atoms with E-state index in [1.54, 1.807) is 4.08 Å². The van der Waals surface area contributed by atoms with Crippen molar-refractivity contribution in [3.8, 4) is 0 Å². The summed E-state index contributed by atoms with van der Waals surface area (Å²) in [6, 6.07) is 8.36. The molecule has 0 radical (unpaired) electrons. The number of carbonyl (C=O) groups is 1. The average Bonchev–Trinajstić information content (AvgIpc) is 2.56. The number of esters is 1. The number of halogens is 3. The van der Waals surface area contributed by atoms with Gasteiger partial charge in [0.2, 0.25) is 0 Å². The molecule has 0 unspecified atom stereocenters. The number of rotatable bonds is 11. The van der Waals surface area contributed by atoms with E-state index in [1.807, 2.05) is 0 Å². The highest BCUT2D eigenvalue weighted by Crippen LogP contribution is 2.12. The summed E-state index contributed by atoms with van der Waals surface area (Å²) in [6.45, 7) is 2.06. The molecule has 0 spiro atoms. The SMILES string of the molecule is COC(=O)CCCCCCCC/C(F)=C\[I+]c1ccc(C)cc1.[F-]. The van der Waals surface area contributed by atoms with Gasteiger partial charge < -0.3 is 9.44 Å². The first-order chi connectivity index (χ1) is 11.1. The second-order valence-corrected chi connectivity index (χ2v) is 8.15. The van der Waals surface area contributed by atoms with Crippen molar-refractivity contribution in [2.75, 3.05) is 7.11 Å². The zero-order valence-electron chi connectivity index (χ0n) is 14.5. The van der Waals surface area contributed by atoms with Gasteiger partial charge in [0, 0.05) is 12.8 Å². The maximum absolute atomic E-state index is 13.8. The first-order valence-electron chi connectivity index (χ1n) is 8.23. The van der Waals surface area contributed by atoms with E-state index in [0.717, 1.165) is 38.5 Å². The predicted octanol–water partition coefficient (Wildman–Crippen LogP) is -0.638. The van der Waals surface area contributed by atoms with E-state index in [4.69, 9.17) is 0 Å². The van der Waals surface area contributed by atoms with Crippen molar-refractivity contribution in [2.45, 2.75) is 58.3 Å². The standard InChI is InChI=1S/C19H27FIO2.FH/c1-16-11-13-18(14-12-16)21-15-17(20)9-7-5-3-4-6-8-10-19(22)23-2;/h11-15H,3-10H2,1-2H3;1H/q+1;/p-1/b17-15+;. The van der Waals surface area contributed by atoms with Gasteiger partial charge in [0.25, 0.3) is 0 Å². The third-order valence-corrected chi connectivity index (χ3v) is 6.01. The molecule has 0 saturated heterocycles. The maximum atomic E-state index is 13.8. The zero-order chi connectivity index (χ0) is 16.9. The van der Waals surface area contributed by atoms with Crippen LogP contribution in [0.25, 0.3) is 0 Å². The van der Waals surface area contributed by atoms with Crippen molar-refractivity contribution in [1.82, 2.24) is 0 Å². The third-order valence-electron chi connectivity index (χ3n) is 3.58. The molecule has 0 amide bonds. The number of methoxy groups -OCH3 is 1. The quantitative estimate of drug-likeness (QED) is 0.254. The van der Waals surface area contributed by atoms with Gasteiger partial charge >= 0.3 is 27.2 Å². The van der Waals surface area contributed by atoms with Crippen molar-refractivity contribution in [3.05, 3.63) is 43.3 Å². The lowest BCUT2D eigenvalue weighted by Gasteiger charge is -2.01. The number of hydrogen-bond acceptors (Lipinski definition) is 2. The molecular weight excluding hydrogens is 425 g/mol. The van der Waals surface area contributed by atoms with Crippen LogP contribution in [-0.4, -0.2) is 13.1 Å². The molecule has 0 atom stereocenters. The fourth-order valence-corrected chi connectivity index (χ4v) is 3.94. The zero-order valence-corrected chi connectivity index (χ0v) is 16.7. The number of ether oxygens (including phenoxy) is 1. The maximum Gasteiger partial charge on any atom is 0.352 e. The van der Waals surface area contributed by atoms with E-state index < -0.39 is 0 Å². The molecule has 24 heavy (non-hydrogen) atoms. The van der Waals surface area contributed by atoms with Crippen LogP contribution in [-0.2, 0) is 9.53 Å². The highest BCUT2D eigenvalue weighted by atomic mass is 127. The molecule has 0 aliphatic rings. The first-order valence-corrected chi connectivity index (χ1v) is 10.6. The van der Waals surface area contributed by atoms with E-state index >= 15 is 0 Å². The van der Waals surface area contributed by atoms with Crippen molar-refractivity contribution in [3.63, 3.8) is 0 Å². The molecule has 1 aromatic carbocycles. The lowest BCUT2D eigenvalue weighted by atomic mass is 10.1. The van der Waals surface area contributed by atoms with Crippen LogP contribution in [0.5, 0.6) is 0 Å². The predicted molar refractivity (Wildman–Crippen MR) is 88.0 cm³/mol. The number of carbonyl (C=O) groups excluding carboxylic acids is 1. The minimum absolute atomic E-state index is 0. The first kappa shape index (κ1) is 23.0. The van der Waals surface area contributed by atoms with Crippen LogP contribution in [0.3, 0.4) is 0 Å². The molecule has 2 nitrogen and oxygen atoms in total. The van der Waals surface area contributed by atoms with Gasteiger partial charge in [0.15, 0.2) is 7.65 Å². The lowest BCUT2D eigenvalue weighted by molar-refractivity contribution is -0.558. The summed E-state index contributed by atoms with van der Waals surface area (Å²) in [5.41, 5.74) is 1.24. The third kappa shape index (κ3) is 11.5. The second-order valence-electron chi connectivity index (χ2n) is 5.66. The molecule has 1 rings (SSSR count). The minimum atomic E-state index is -0.350. The van der Waals surface area contributed by atoms with Gasteiger partial charge in [-0.05, 0) is 31.9 Å². The van der Waals surface area contributed by atoms with Crippen LogP contribution in [0, 0.1) is 10.5 Å². The number of allylic oxidation sites excluding steroid dienone is 1. The topological polar surface area (TPSA) is 26.3 Å². The van der Waals surface area contributed by atoms with Crippen LogP contribution >= 0.6 is 0 Å². The van der Waals surface area contributed by atoms with Crippen molar-refractivity contribution >= 4 is 5.97 Å². The van der Waals surface area contributed by atoms with Crippen molar-refractivity contribution in [2.24, 2.45) is 0 Å². The Kier molecular flexibility index (Phi) is 13.8. The molecule has 0 heterocycles. The Hall–Kier alpha value is -0.980. The molecule has 0 N–H and O–H groups in total. The Balaban J connectivity index is 0.00000529. The molecule has 136 valence electrons. The fourth-order valence-electron chi connectivity index (χ4n) is 2.16. The normalized spacial score (nSPS) is 11.0. The van der Waals surface area contributed by atoms with Crippen LogP contribution in [0.1, 0.15) is 56.9 Å². The van der Waals surface area contributed by atoms with Gasteiger partial charge in [-0.15, -0.1) is 0 Å². The Morgan fingerprint density at radius 2 is 1.58 bits per heavy atom. The molecular formula is C19H27F2IO2. The highest BCUT2D eigenvalue weighted by Gasteiger charge is 2.10. The molecule has 0 bridgehead atoms. The summed E-state index contributed by atoms with van der Waals surface area (Å²) < 4.78 is 21.4. The van der Waals surface area contributed by atoms with E-state index in [2.05, 4.69) is 35.9 Å². The molecule has 5 heteroatoms. The summed E-state index contributed by atoms with van der Waals surface area (Å²) in [5.74, 6) is -0.0850. The molecule has 1 aromatic rings. The monoisotopic (exact) mass is 452 g/mol. The van der Waals surface area contributed by atoms with Gasteiger partial charge in [0.05, 0.1) is 7.11 Å². The Morgan fingerprint density at radius 3 is 2.17 bits per heavy atom. The number of hydrogen-bond donors (Lipinski definition) is 0. The van der Waals surface area contributed by atoms with Crippen LogP contribution in [0.15, 0.2) is 34.2 Å². The van der Waals surface area contributed by atoms with Crippen molar-refractivity contribution < 1.29 is 39.8 Å². The molecule has 0 aromatic heterocycles. The van der Waals surface area contributed by atoms with E-state index in [-0.39, 0.29) is 37.7 Å². The van der Waals surface area contributed by atoms with E-state index in [9.17, 15) is 9.18 Å². The van der Waals surface area contributed by atoms with Crippen LogP contribution in [0.2, 0.25) is 0 Å². The smallest absolute Gasteiger partial charge is 0.352 e. The van der Waals surface area contributed by atoms with Gasteiger partial charge in [-0.1, -0.05) is 43.4 Å². The van der Waals surface area contributed by atoms with E-state index in [1.165, 1.54) is 16.2 Å². The Morgan fingerprint density at radius 1 is 1.04 bits per heavy atom. The number of aryl methyl sites for hydroxylation is 1. The summed E-state index contributed by atoms with van der Waals surface area (Å²) in [7, 11) is 1.42. The molecule has 0 fully saturated rings. The number of benzene rings is 1. The Labute approximate surface area is 154 Å². The molecule has 0 saturated carbocycles. The van der Waals surface area contributed by atoms with Gasteiger partial charge in [0.1, 0.15) is 5.83 Å². The van der Waals surface area contributed by atoms with E-state index in [0.29, 0.717) is 12.8 Å². The lowest BCUT2D eigenvalue weighted by Crippen LogP contribution is -3.59. The average molecular weight is 452 g/mol. The minimum Gasteiger partial charge on any atom is -1.00 e. The van der Waals surface area contributed by atoms with Crippen LogP contribution < -0.4 is 25.9 Å². The van der Waals surface area contributed by atoms with Gasteiger partial charge in [-0.2, -0.15) is 0 Å². The van der Waals surface area contributed by atoms with Crippen LogP contribution in [0.4, 0.5) is 4.39 Å². The van der Waals surface area contributed by atoms with Gasteiger partial charge in [-0.3, -0.25) is 4.79 Å². The second kappa shape index (κ2) is 14.4. The summed E-state index contributed by atoms with van der Waals surface area (Å²) in [4.78, 5) is 10.9. The van der Waals surface area contributed by atoms with Gasteiger partial charge in [-0.25, -0.2) is 4.39 Å².